The minimum atomic E-state index is -0.574. The molecule has 1 aromatic heterocycles. The molecule has 0 saturated heterocycles. The molecular formula is C12H13N3O2S. The highest BCUT2D eigenvalue weighted by Crippen LogP contribution is 2.31. The summed E-state index contributed by atoms with van der Waals surface area (Å²) >= 11 is 1.37. The van der Waals surface area contributed by atoms with Crippen LogP contribution in [0.1, 0.15) is 15.2 Å². The van der Waals surface area contributed by atoms with E-state index in [9.17, 15) is 9.59 Å². The average Bonchev–Trinajstić information content (AvgIpc) is 2.68. The highest BCUT2D eigenvalue weighted by Gasteiger charge is 2.15. The molecule has 0 atom stereocenters. The summed E-state index contributed by atoms with van der Waals surface area (Å²) < 4.78 is 1.01. The molecule has 0 aliphatic carbocycles. The molecule has 2 aromatic rings. The normalized spacial score (nSPS) is 10.4. The van der Waals surface area contributed by atoms with Gasteiger partial charge < -0.3 is 16.8 Å². The smallest absolute Gasteiger partial charge is 0.312 e. The van der Waals surface area contributed by atoms with Crippen molar-refractivity contribution in [1.82, 2.24) is 5.32 Å². The Morgan fingerprint density at radius 1 is 1.22 bits per heavy atom. The minimum absolute atomic E-state index is 0.385. The van der Waals surface area contributed by atoms with Crippen LogP contribution in [0.3, 0.4) is 0 Å². The van der Waals surface area contributed by atoms with Gasteiger partial charge in [0.15, 0.2) is 0 Å². The van der Waals surface area contributed by atoms with E-state index in [1.807, 2.05) is 24.3 Å². The molecular weight excluding hydrogens is 250 g/mol. The van der Waals surface area contributed by atoms with Gasteiger partial charge in [0.1, 0.15) is 0 Å². The summed E-state index contributed by atoms with van der Waals surface area (Å²) in [5, 5.41) is 3.51. The van der Waals surface area contributed by atoms with Crippen molar-refractivity contribution in [3.05, 3.63) is 34.7 Å². The van der Waals surface area contributed by atoms with Crippen molar-refractivity contribution in [3.63, 3.8) is 0 Å². The van der Waals surface area contributed by atoms with Gasteiger partial charge in [0.25, 0.3) is 5.91 Å². The van der Waals surface area contributed by atoms with Gasteiger partial charge >= 0.3 is 6.03 Å². The van der Waals surface area contributed by atoms with Crippen LogP contribution < -0.4 is 16.8 Å². The van der Waals surface area contributed by atoms with Gasteiger partial charge in [-0.15, -0.1) is 11.3 Å². The monoisotopic (exact) mass is 263 g/mol. The Labute approximate surface area is 108 Å². The van der Waals surface area contributed by atoms with Crippen LogP contribution in [-0.4, -0.2) is 18.5 Å². The molecule has 0 spiro atoms. The Kier molecular flexibility index (Phi) is 3.47. The van der Waals surface area contributed by atoms with Crippen molar-refractivity contribution >= 4 is 33.4 Å². The number of hydrogen-bond acceptors (Lipinski definition) is 3. The molecule has 6 heteroatoms. The second kappa shape index (κ2) is 5.05. The molecule has 0 aliphatic heterocycles. The van der Waals surface area contributed by atoms with Crippen molar-refractivity contribution in [2.75, 3.05) is 6.54 Å². The van der Waals surface area contributed by atoms with E-state index in [0.29, 0.717) is 17.8 Å². The molecule has 18 heavy (non-hydrogen) atoms. The average molecular weight is 263 g/mol. The Morgan fingerprint density at radius 3 is 2.61 bits per heavy atom. The summed E-state index contributed by atoms with van der Waals surface area (Å²) in [6.45, 7) is 0.385. The topological polar surface area (TPSA) is 98.2 Å². The number of amides is 3. The highest BCUT2D eigenvalue weighted by molar-refractivity contribution is 7.21. The lowest BCUT2D eigenvalue weighted by Gasteiger charge is -2.03. The Bertz CT molecular complexity index is 606. The minimum Gasteiger partial charge on any atom is -0.365 e. The molecule has 94 valence electrons. The van der Waals surface area contributed by atoms with Gasteiger partial charge in [-0.2, -0.15) is 0 Å². The largest absolute Gasteiger partial charge is 0.365 e. The van der Waals surface area contributed by atoms with Crippen molar-refractivity contribution in [3.8, 4) is 0 Å². The molecule has 3 amide bonds. The van der Waals surface area contributed by atoms with Crippen molar-refractivity contribution < 1.29 is 9.59 Å². The Hall–Kier alpha value is -2.08. The summed E-state index contributed by atoms with van der Waals surface area (Å²) in [5.74, 6) is -0.440. The number of benzene rings is 1. The summed E-state index contributed by atoms with van der Waals surface area (Å²) in [4.78, 5) is 22.6. The molecule has 0 bridgehead atoms. The summed E-state index contributed by atoms with van der Waals surface area (Å²) in [6, 6.07) is 7.13. The van der Waals surface area contributed by atoms with Gasteiger partial charge in [0, 0.05) is 11.2 Å². The number of carbonyl (C=O) groups excluding carboxylic acids is 2. The Morgan fingerprint density at radius 2 is 1.94 bits per heavy atom. The molecule has 2 rings (SSSR count). The van der Waals surface area contributed by atoms with Gasteiger partial charge in [-0.05, 0) is 23.4 Å². The predicted molar refractivity (Wildman–Crippen MR) is 71.6 cm³/mol. The van der Waals surface area contributed by atoms with Crippen LogP contribution >= 0.6 is 11.3 Å². The maximum atomic E-state index is 11.4. The first-order valence-corrected chi connectivity index (χ1v) is 6.24. The van der Waals surface area contributed by atoms with Crippen LogP contribution in [0.15, 0.2) is 24.3 Å². The molecule has 0 radical (unpaired) electrons. The van der Waals surface area contributed by atoms with E-state index in [1.165, 1.54) is 11.3 Å². The van der Waals surface area contributed by atoms with E-state index in [2.05, 4.69) is 5.32 Å². The van der Waals surface area contributed by atoms with Gasteiger partial charge in [-0.1, -0.05) is 18.2 Å². The first-order valence-electron chi connectivity index (χ1n) is 5.43. The fraction of sp³-hybridized carbons (Fsp3) is 0.167. The van der Waals surface area contributed by atoms with E-state index < -0.39 is 11.9 Å². The summed E-state index contributed by atoms with van der Waals surface area (Å²) in [6.07, 6.45) is 0.533. The van der Waals surface area contributed by atoms with E-state index in [4.69, 9.17) is 11.5 Å². The van der Waals surface area contributed by atoms with Crippen molar-refractivity contribution in [2.24, 2.45) is 11.5 Å². The van der Waals surface area contributed by atoms with Crippen molar-refractivity contribution in [2.45, 2.75) is 6.42 Å². The van der Waals surface area contributed by atoms with Gasteiger partial charge in [0.2, 0.25) is 0 Å². The molecule has 1 aromatic carbocycles. The maximum absolute atomic E-state index is 11.4. The van der Waals surface area contributed by atoms with E-state index in [-0.39, 0.29) is 0 Å². The quantitative estimate of drug-likeness (QED) is 0.772. The molecule has 5 nitrogen and oxygen atoms in total. The lowest BCUT2D eigenvalue weighted by Crippen LogP contribution is -2.31. The van der Waals surface area contributed by atoms with Gasteiger partial charge in [-0.3, -0.25) is 4.79 Å². The van der Waals surface area contributed by atoms with E-state index in [0.717, 1.165) is 15.6 Å². The standard InChI is InChI=1S/C12H13N3O2S/c13-11(16)10-8(5-6-15-12(14)17)7-3-1-2-4-9(7)18-10/h1-4H,5-6H2,(H2,13,16)(H3,14,15,17). The fourth-order valence-corrected chi connectivity index (χ4v) is 2.96. The van der Waals surface area contributed by atoms with Gasteiger partial charge in [0.05, 0.1) is 4.88 Å². The molecule has 0 aliphatic rings. The molecule has 0 saturated carbocycles. The zero-order valence-electron chi connectivity index (χ0n) is 9.60. The predicted octanol–water partition coefficient (Wildman–Crippen LogP) is 1.21. The van der Waals surface area contributed by atoms with Gasteiger partial charge in [-0.25, -0.2) is 4.79 Å². The van der Waals surface area contributed by atoms with E-state index >= 15 is 0 Å². The number of primary amides is 2. The number of urea groups is 1. The third kappa shape index (κ3) is 2.43. The second-order valence-corrected chi connectivity index (χ2v) is 4.86. The summed E-state index contributed by atoms with van der Waals surface area (Å²) in [5.41, 5.74) is 11.2. The second-order valence-electron chi connectivity index (χ2n) is 3.81. The fourth-order valence-electron chi connectivity index (χ4n) is 1.86. The summed E-state index contributed by atoms with van der Waals surface area (Å²) in [7, 11) is 0. The van der Waals surface area contributed by atoms with E-state index in [1.54, 1.807) is 0 Å². The molecule has 0 unspecified atom stereocenters. The number of fused-ring (bicyclic) bond motifs is 1. The van der Waals surface area contributed by atoms with Crippen molar-refractivity contribution in [1.29, 1.82) is 0 Å². The van der Waals surface area contributed by atoms with Crippen LogP contribution in [-0.2, 0) is 6.42 Å². The third-order valence-corrected chi connectivity index (χ3v) is 3.82. The number of hydrogen-bond donors (Lipinski definition) is 3. The molecule has 1 heterocycles. The van der Waals surface area contributed by atoms with Crippen LogP contribution in [0.4, 0.5) is 4.79 Å². The number of carbonyl (C=O) groups is 2. The zero-order valence-corrected chi connectivity index (χ0v) is 10.4. The number of rotatable bonds is 4. The molecule has 5 N–H and O–H groups in total. The Balaban J connectivity index is 2.36. The highest BCUT2D eigenvalue weighted by atomic mass is 32.1. The SMILES string of the molecule is NC(=O)NCCc1c(C(N)=O)sc2ccccc12. The van der Waals surface area contributed by atoms with Crippen LogP contribution in [0, 0.1) is 0 Å². The first kappa shape index (κ1) is 12.4. The molecule has 0 fully saturated rings. The van der Waals surface area contributed by atoms with Crippen LogP contribution in [0.5, 0.6) is 0 Å². The maximum Gasteiger partial charge on any atom is 0.312 e. The zero-order chi connectivity index (χ0) is 13.1. The number of nitrogens with two attached hydrogens (primary N) is 2. The first-order chi connectivity index (χ1) is 8.59. The lowest BCUT2D eigenvalue weighted by molar-refractivity contribution is 0.100. The number of thiophene rings is 1. The third-order valence-electron chi connectivity index (χ3n) is 2.60. The van der Waals surface area contributed by atoms with Crippen LogP contribution in [0.2, 0.25) is 0 Å². The number of nitrogens with one attached hydrogen (secondary N) is 1. The lowest BCUT2D eigenvalue weighted by atomic mass is 10.1. The van der Waals surface area contributed by atoms with Crippen LogP contribution in [0.25, 0.3) is 10.1 Å².